The van der Waals surface area contributed by atoms with E-state index < -0.39 is 11.8 Å². The lowest BCUT2D eigenvalue weighted by Crippen LogP contribution is -2.31. The van der Waals surface area contributed by atoms with E-state index in [1.807, 2.05) is 0 Å². The minimum Gasteiger partial charge on any atom is -0.343 e. The molecular formula is C43H44F2N4O. The van der Waals surface area contributed by atoms with Crippen LogP contribution in [0.3, 0.4) is 0 Å². The van der Waals surface area contributed by atoms with Gasteiger partial charge in [0.15, 0.2) is 5.78 Å². The number of nitrogens with zero attached hydrogens (tertiary/aromatic N) is 4. The molecule has 0 saturated heterocycles. The quantitative estimate of drug-likeness (QED) is 0.163. The summed E-state index contributed by atoms with van der Waals surface area (Å²) in [7, 11) is 4.31. The van der Waals surface area contributed by atoms with Gasteiger partial charge in [-0.25, -0.2) is 8.78 Å². The van der Waals surface area contributed by atoms with Gasteiger partial charge in [-0.1, -0.05) is 47.5 Å². The van der Waals surface area contributed by atoms with Crippen LogP contribution >= 0.6 is 0 Å². The number of hydrogen-bond donors (Lipinski definition) is 0. The van der Waals surface area contributed by atoms with Crippen molar-refractivity contribution in [2.24, 2.45) is 0 Å². The van der Waals surface area contributed by atoms with E-state index in [0.29, 0.717) is 13.1 Å². The summed E-state index contributed by atoms with van der Waals surface area (Å²) in [5, 5.41) is 2.47. The highest BCUT2D eigenvalue weighted by Crippen LogP contribution is 2.38. The predicted octanol–water partition coefficient (Wildman–Crippen LogP) is 8.30. The number of halogens is 2. The third-order valence-corrected chi connectivity index (χ3v) is 11.2. The molecule has 256 valence electrons. The largest absolute Gasteiger partial charge is 0.343 e. The first-order chi connectivity index (χ1) is 24.1. The van der Waals surface area contributed by atoms with Crippen LogP contribution in [-0.2, 0) is 43.8 Å². The molecule has 8 rings (SSSR count). The number of carbonyl (C=O) groups excluding carboxylic acids is 1. The molecular weight excluding hydrogens is 626 g/mol. The van der Waals surface area contributed by atoms with E-state index in [9.17, 15) is 8.78 Å². The van der Waals surface area contributed by atoms with E-state index in [1.165, 1.54) is 68.7 Å². The molecule has 0 bridgehead atoms. The van der Waals surface area contributed by atoms with Crippen molar-refractivity contribution in [3.63, 3.8) is 0 Å². The zero-order valence-electron chi connectivity index (χ0n) is 29.3. The van der Waals surface area contributed by atoms with Crippen LogP contribution in [0.15, 0.2) is 84.9 Å². The molecule has 0 radical (unpaired) electrons. The maximum Gasteiger partial charge on any atom is 0.151 e. The number of fused-ring (bicyclic) bond motifs is 6. The van der Waals surface area contributed by atoms with Gasteiger partial charge in [0.2, 0.25) is 0 Å². The molecule has 6 aromatic rings. The first-order valence-electron chi connectivity index (χ1n) is 17.8. The Kier molecular flexibility index (Phi) is 8.44. The third kappa shape index (κ3) is 5.86. The van der Waals surface area contributed by atoms with Gasteiger partial charge in [-0.3, -0.25) is 4.79 Å². The Morgan fingerprint density at radius 3 is 1.42 bits per heavy atom. The second kappa shape index (κ2) is 12.9. The van der Waals surface area contributed by atoms with Crippen LogP contribution in [0.5, 0.6) is 0 Å². The minimum atomic E-state index is -0.558. The molecule has 5 nitrogen and oxygen atoms in total. The van der Waals surface area contributed by atoms with Gasteiger partial charge in [-0.05, 0) is 98.7 Å². The molecule has 2 aliphatic rings. The average Bonchev–Trinajstić information content (AvgIpc) is 3.56. The monoisotopic (exact) mass is 670 g/mol. The zero-order chi connectivity index (χ0) is 34.7. The fourth-order valence-electron chi connectivity index (χ4n) is 8.53. The van der Waals surface area contributed by atoms with Gasteiger partial charge in [0.1, 0.15) is 11.6 Å². The van der Waals surface area contributed by atoms with Gasteiger partial charge < -0.3 is 18.9 Å². The van der Waals surface area contributed by atoms with E-state index in [2.05, 4.69) is 83.3 Å². The molecule has 4 aromatic carbocycles. The molecule has 50 heavy (non-hydrogen) atoms. The first kappa shape index (κ1) is 32.6. The van der Waals surface area contributed by atoms with Crippen molar-refractivity contribution < 1.29 is 13.6 Å². The van der Waals surface area contributed by atoms with Gasteiger partial charge in [0.25, 0.3) is 0 Å². The smallest absolute Gasteiger partial charge is 0.151 e. The number of hydrogen-bond acceptors (Lipinski definition) is 3. The van der Waals surface area contributed by atoms with Crippen molar-refractivity contribution in [1.29, 1.82) is 0 Å². The Labute approximate surface area is 292 Å². The molecule has 4 heterocycles. The Morgan fingerprint density at radius 2 is 1.02 bits per heavy atom. The summed E-state index contributed by atoms with van der Waals surface area (Å²) < 4.78 is 33.5. The molecule has 0 fully saturated rings. The Hall–Kier alpha value is -4.59. The molecule has 0 amide bonds. The van der Waals surface area contributed by atoms with E-state index in [4.69, 9.17) is 0 Å². The number of carbonyl (C=O) groups is 1. The Balaban J connectivity index is 1.28. The lowest BCUT2D eigenvalue weighted by atomic mass is 9.83. The second-order valence-electron chi connectivity index (χ2n) is 14.7. The summed E-state index contributed by atoms with van der Waals surface area (Å²) in [6.45, 7) is 8.72. The summed E-state index contributed by atoms with van der Waals surface area (Å²) in [6.07, 6.45) is 1.78. The zero-order valence-corrected chi connectivity index (χ0v) is 29.3. The van der Waals surface area contributed by atoms with Gasteiger partial charge >= 0.3 is 0 Å². The first-order valence-corrected chi connectivity index (χ1v) is 17.8. The summed E-state index contributed by atoms with van der Waals surface area (Å²) >= 11 is 0. The van der Waals surface area contributed by atoms with Crippen LogP contribution in [-0.4, -0.2) is 51.9 Å². The number of aryl methyl sites for hydroxylation is 2. The van der Waals surface area contributed by atoms with Crippen molar-refractivity contribution in [1.82, 2.24) is 18.9 Å². The van der Waals surface area contributed by atoms with Crippen LogP contribution in [0, 0.1) is 25.5 Å². The Bertz CT molecular complexity index is 2070. The standard InChI is InChI=1S/C43H44F2N4O/c1-27-5-15-39-33(21-27)37-23-46(3)19-17-41(37)48(39)25-35(29-7-11-31(44)12-8-29)43(50)36(30-9-13-32(45)14-10-30)26-49-40-16-6-28(2)22-34(40)38-24-47(4)20-18-42(38)49/h5-16,21-22,35-36H,17-20,23-26H2,1-4H3. The van der Waals surface area contributed by atoms with Crippen LogP contribution < -0.4 is 0 Å². The maximum atomic E-state index is 15.5. The number of rotatable bonds is 8. The van der Waals surface area contributed by atoms with Crippen molar-refractivity contribution in [3.05, 3.63) is 141 Å². The minimum absolute atomic E-state index is 0.0505. The fourth-order valence-corrected chi connectivity index (χ4v) is 8.53. The molecule has 0 saturated carbocycles. The third-order valence-electron chi connectivity index (χ3n) is 11.2. The van der Waals surface area contributed by atoms with Crippen LogP contribution in [0.4, 0.5) is 8.78 Å². The average molecular weight is 671 g/mol. The molecule has 2 unspecified atom stereocenters. The summed E-state index contributed by atoms with van der Waals surface area (Å²) in [5.41, 5.74) is 11.4. The number of aromatic nitrogens is 2. The van der Waals surface area contributed by atoms with Crippen molar-refractivity contribution in [2.75, 3.05) is 27.2 Å². The number of benzene rings is 4. The Morgan fingerprint density at radius 1 is 0.620 bits per heavy atom. The maximum absolute atomic E-state index is 15.5. The van der Waals surface area contributed by atoms with Crippen molar-refractivity contribution in [2.45, 2.75) is 64.7 Å². The van der Waals surface area contributed by atoms with Crippen LogP contribution in [0.25, 0.3) is 21.8 Å². The summed E-state index contributed by atoms with van der Waals surface area (Å²) in [4.78, 5) is 20.2. The lowest BCUT2D eigenvalue weighted by Gasteiger charge is -2.29. The van der Waals surface area contributed by atoms with Gasteiger partial charge in [-0.2, -0.15) is 0 Å². The molecule has 2 atom stereocenters. The van der Waals surface area contributed by atoms with E-state index in [0.717, 1.165) is 61.2 Å². The summed E-state index contributed by atoms with van der Waals surface area (Å²) in [6, 6.07) is 26.1. The lowest BCUT2D eigenvalue weighted by molar-refractivity contribution is -0.122. The molecule has 0 spiro atoms. The van der Waals surface area contributed by atoms with E-state index >= 15 is 4.79 Å². The molecule has 2 aliphatic heterocycles. The van der Waals surface area contributed by atoms with Gasteiger partial charge in [0, 0.05) is 85.3 Å². The number of Topliss-reactive ketones (excluding diaryl/α,β-unsaturated/α-hetero) is 1. The topological polar surface area (TPSA) is 33.4 Å². The molecule has 0 N–H and O–H groups in total. The normalized spacial score (nSPS) is 16.4. The highest BCUT2D eigenvalue weighted by atomic mass is 19.1. The van der Waals surface area contributed by atoms with Crippen molar-refractivity contribution >= 4 is 27.6 Å². The SMILES string of the molecule is Cc1ccc2c(c1)c1c(n2CC(C(=O)C(Cn2c3c(c4cc(C)ccc42)CN(C)CC3)c2ccc(F)cc2)c2ccc(F)cc2)CCN(C)C1. The van der Waals surface area contributed by atoms with Crippen LogP contribution in [0.2, 0.25) is 0 Å². The van der Waals surface area contributed by atoms with Crippen LogP contribution in [0.1, 0.15) is 56.6 Å². The summed E-state index contributed by atoms with van der Waals surface area (Å²) in [5.74, 6) is -1.73. The number of likely N-dealkylation sites (N-methyl/N-ethyl adjacent to an activating group) is 2. The number of ketones is 1. The molecule has 2 aromatic heterocycles. The highest BCUT2D eigenvalue weighted by molar-refractivity contribution is 5.93. The molecule has 7 heteroatoms. The molecule has 0 aliphatic carbocycles. The van der Waals surface area contributed by atoms with Crippen molar-refractivity contribution in [3.8, 4) is 0 Å². The second-order valence-corrected chi connectivity index (χ2v) is 14.7. The predicted molar refractivity (Wildman–Crippen MR) is 197 cm³/mol. The van der Waals surface area contributed by atoms with Gasteiger partial charge in [-0.15, -0.1) is 0 Å². The van der Waals surface area contributed by atoms with E-state index in [1.54, 1.807) is 24.3 Å². The van der Waals surface area contributed by atoms with E-state index in [-0.39, 0.29) is 17.4 Å². The highest BCUT2D eigenvalue weighted by Gasteiger charge is 2.34. The van der Waals surface area contributed by atoms with Gasteiger partial charge in [0.05, 0.1) is 11.8 Å². The fraction of sp³-hybridized carbons (Fsp3) is 0.326.